The molecule has 0 radical (unpaired) electrons. The fourth-order valence-corrected chi connectivity index (χ4v) is 1.65. The Morgan fingerprint density at radius 1 is 1.22 bits per heavy atom. The first-order chi connectivity index (χ1) is 8.83. The van der Waals surface area contributed by atoms with E-state index >= 15 is 0 Å². The van der Waals surface area contributed by atoms with Gasteiger partial charge in [0.05, 0.1) is 18.8 Å². The minimum absolute atomic E-state index is 0.0957. The van der Waals surface area contributed by atoms with E-state index in [9.17, 15) is 0 Å². The highest BCUT2D eigenvalue weighted by molar-refractivity contribution is 5.31. The predicted molar refractivity (Wildman–Crippen MR) is 69.5 cm³/mol. The lowest BCUT2D eigenvalue weighted by atomic mass is 10.1. The van der Waals surface area contributed by atoms with Crippen molar-refractivity contribution in [2.24, 2.45) is 0 Å². The fourth-order valence-electron chi connectivity index (χ4n) is 1.65. The molecule has 18 heavy (non-hydrogen) atoms. The second-order valence-corrected chi connectivity index (χ2v) is 3.78. The van der Waals surface area contributed by atoms with Crippen molar-refractivity contribution in [1.82, 2.24) is 15.0 Å². The van der Waals surface area contributed by atoms with Gasteiger partial charge < -0.3 is 10.1 Å². The van der Waals surface area contributed by atoms with Gasteiger partial charge in [-0.15, -0.1) is 0 Å². The molecule has 0 aliphatic carbocycles. The second kappa shape index (κ2) is 5.95. The molecule has 0 saturated heterocycles. The van der Waals surface area contributed by atoms with Crippen molar-refractivity contribution in [2.45, 2.75) is 19.4 Å². The number of anilines is 1. The van der Waals surface area contributed by atoms with Gasteiger partial charge >= 0.3 is 0 Å². The van der Waals surface area contributed by atoms with E-state index in [0.29, 0.717) is 11.8 Å². The summed E-state index contributed by atoms with van der Waals surface area (Å²) in [7, 11) is 1.59. The van der Waals surface area contributed by atoms with Gasteiger partial charge in [-0.1, -0.05) is 13.0 Å². The summed E-state index contributed by atoms with van der Waals surface area (Å²) in [5, 5.41) is 3.25. The van der Waals surface area contributed by atoms with Crippen molar-refractivity contribution >= 4 is 5.95 Å². The molecule has 2 aromatic heterocycles. The Hall–Kier alpha value is -2.17. The highest BCUT2D eigenvalue weighted by Crippen LogP contribution is 2.19. The molecular formula is C13H16N4O. The summed E-state index contributed by atoms with van der Waals surface area (Å²) in [6.07, 6.45) is 4.35. The minimum Gasteiger partial charge on any atom is -0.481 e. The van der Waals surface area contributed by atoms with Crippen LogP contribution in [0, 0.1) is 0 Å². The van der Waals surface area contributed by atoms with Gasteiger partial charge in [0, 0.05) is 18.5 Å². The van der Waals surface area contributed by atoms with E-state index in [1.54, 1.807) is 25.6 Å². The van der Waals surface area contributed by atoms with Gasteiger partial charge in [0.1, 0.15) is 0 Å². The molecule has 0 fully saturated rings. The molecule has 2 heterocycles. The maximum Gasteiger partial charge on any atom is 0.226 e. The van der Waals surface area contributed by atoms with Crippen LogP contribution in [0.3, 0.4) is 0 Å². The van der Waals surface area contributed by atoms with Gasteiger partial charge in [0.2, 0.25) is 11.8 Å². The summed E-state index contributed by atoms with van der Waals surface area (Å²) >= 11 is 0. The van der Waals surface area contributed by atoms with E-state index in [1.165, 1.54) is 0 Å². The Morgan fingerprint density at radius 2 is 2.11 bits per heavy atom. The minimum atomic E-state index is 0.0957. The van der Waals surface area contributed by atoms with E-state index < -0.39 is 0 Å². The number of hydrogen-bond acceptors (Lipinski definition) is 5. The van der Waals surface area contributed by atoms with Crippen LogP contribution in [0.5, 0.6) is 5.88 Å². The molecule has 0 amide bonds. The quantitative estimate of drug-likeness (QED) is 0.875. The first-order valence-corrected chi connectivity index (χ1v) is 5.88. The Bertz CT molecular complexity index is 489. The number of aromatic nitrogens is 3. The number of nitrogens with zero attached hydrogens (tertiary/aromatic N) is 3. The molecule has 2 rings (SSSR count). The van der Waals surface area contributed by atoms with Gasteiger partial charge in [0.25, 0.3) is 0 Å². The van der Waals surface area contributed by atoms with E-state index in [1.807, 2.05) is 18.2 Å². The SMILES string of the molecule is CC[C@H](Nc1nccc(OC)n1)c1ccccn1. The summed E-state index contributed by atoms with van der Waals surface area (Å²) in [4.78, 5) is 12.7. The van der Waals surface area contributed by atoms with Crippen LogP contribution in [0.1, 0.15) is 25.1 Å². The summed E-state index contributed by atoms with van der Waals surface area (Å²) in [5.41, 5.74) is 0.978. The van der Waals surface area contributed by atoms with Crippen molar-refractivity contribution in [3.05, 3.63) is 42.4 Å². The van der Waals surface area contributed by atoms with Crippen LogP contribution in [0.2, 0.25) is 0 Å². The van der Waals surface area contributed by atoms with E-state index in [-0.39, 0.29) is 6.04 Å². The molecule has 0 bridgehead atoms. The average molecular weight is 244 g/mol. The van der Waals surface area contributed by atoms with Crippen LogP contribution in [-0.4, -0.2) is 22.1 Å². The molecule has 0 unspecified atom stereocenters. The average Bonchev–Trinajstić information content (AvgIpc) is 2.46. The van der Waals surface area contributed by atoms with E-state index in [0.717, 1.165) is 12.1 Å². The Kier molecular flexibility index (Phi) is 4.06. The lowest BCUT2D eigenvalue weighted by Crippen LogP contribution is -2.13. The lowest BCUT2D eigenvalue weighted by Gasteiger charge is -2.16. The molecule has 2 aromatic rings. The molecule has 1 N–H and O–H groups in total. The number of hydrogen-bond donors (Lipinski definition) is 1. The zero-order valence-corrected chi connectivity index (χ0v) is 10.5. The summed E-state index contributed by atoms with van der Waals surface area (Å²) in [6.45, 7) is 2.09. The Morgan fingerprint density at radius 3 is 2.78 bits per heavy atom. The van der Waals surface area contributed by atoms with Gasteiger partial charge in [-0.25, -0.2) is 4.98 Å². The third kappa shape index (κ3) is 2.94. The molecule has 0 spiro atoms. The molecule has 0 aliphatic heterocycles. The van der Waals surface area contributed by atoms with Crippen LogP contribution in [0.25, 0.3) is 0 Å². The van der Waals surface area contributed by atoms with Crippen molar-refractivity contribution in [1.29, 1.82) is 0 Å². The monoisotopic (exact) mass is 244 g/mol. The third-order valence-corrected chi connectivity index (χ3v) is 2.60. The summed E-state index contributed by atoms with van der Waals surface area (Å²) in [5.74, 6) is 1.09. The van der Waals surface area contributed by atoms with E-state index in [4.69, 9.17) is 4.74 Å². The molecule has 0 aliphatic rings. The number of rotatable bonds is 5. The van der Waals surface area contributed by atoms with Gasteiger partial charge in [-0.05, 0) is 18.6 Å². The fraction of sp³-hybridized carbons (Fsp3) is 0.308. The van der Waals surface area contributed by atoms with Crippen LogP contribution in [0.4, 0.5) is 5.95 Å². The summed E-state index contributed by atoms with van der Waals surface area (Å²) < 4.78 is 5.07. The molecular weight excluding hydrogens is 228 g/mol. The zero-order chi connectivity index (χ0) is 12.8. The van der Waals surface area contributed by atoms with Crippen molar-refractivity contribution in [3.63, 3.8) is 0 Å². The van der Waals surface area contributed by atoms with Gasteiger partial charge in [0.15, 0.2) is 0 Å². The first-order valence-electron chi connectivity index (χ1n) is 5.88. The molecule has 5 nitrogen and oxygen atoms in total. The maximum atomic E-state index is 5.07. The molecule has 5 heteroatoms. The van der Waals surface area contributed by atoms with Gasteiger partial charge in [-0.3, -0.25) is 4.98 Å². The number of nitrogens with one attached hydrogen (secondary N) is 1. The highest BCUT2D eigenvalue weighted by Gasteiger charge is 2.11. The Balaban J connectivity index is 2.15. The second-order valence-electron chi connectivity index (χ2n) is 3.78. The van der Waals surface area contributed by atoms with Crippen molar-refractivity contribution in [3.8, 4) is 5.88 Å². The Labute approximate surface area is 106 Å². The predicted octanol–water partition coefficient (Wildman–Crippen LogP) is 2.44. The smallest absolute Gasteiger partial charge is 0.226 e. The number of ether oxygens (including phenoxy) is 1. The standard InChI is InChI=1S/C13H16N4O/c1-3-10(11-6-4-5-8-14-11)16-13-15-9-7-12(17-13)18-2/h4-10H,3H2,1-2H3,(H,15,16,17)/t10-/m0/s1. The number of pyridine rings is 1. The van der Waals surface area contributed by atoms with Crippen LogP contribution in [-0.2, 0) is 0 Å². The molecule has 94 valence electrons. The van der Waals surface area contributed by atoms with Crippen LogP contribution < -0.4 is 10.1 Å². The molecule has 0 aromatic carbocycles. The van der Waals surface area contributed by atoms with Crippen molar-refractivity contribution < 1.29 is 4.74 Å². The maximum absolute atomic E-state index is 5.07. The highest BCUT2D eigenvalue weighted by atomic mass is 16.5. The van der Waals surface area contributed by atoms with Gasteiger partial charge in [-0.2, -0.15) is 4.98 Å². The molecule has 0 saturated carbocycles. The van der Waals surface area contributed by atoms with Crippen LogP contribution in [0.15, 0.2) is 36.7 Å². The number of methoxy groups -OCH3 is 1. The third-order valence-electron chi connectivity index (χ3n) is 2.60. The van der Waals surface area contributed by atoms with E-state index in [2.05, 4.69) is 27.2 Å². The normalized spacial score (nSPS) is 11.9. The lowest BCUT2D eigenvalue weighted by molar-refractivity contribution is 0.397. The van der Waals surface area contributed by atoms with Crippen LogP contribution >= 0.6 is 0 Å². The topological polar surface area (TPSA) is 59.9 Å². The zero-order valence-electron chi connectivity index (χ0n) is 10.5. The first kappa shape index (κ1) is 12.3. The molecule has 1 atom stereocenters. The largest absolute Gasteiger partial charge is 0.481 e. The summed E-state index contributed by atoms with van der Waals surface area (Å²) in [6, 6.07) is 7.67. The van der Waals surface area contributed by atoms with Crippen molar-refractivity contribution in [2.75, 3.05) is 12.4 Å².